The molecule has 0 radical (unpaired) electrons. The van der Waals surface area contributed by atoms with Gasteiger partial charge in [-0.25, -0.2) is 4.79 Å². The van der Waals surface area contributed by atoms with Gasteiger partial charge in [0.25, 0.3) is 0 Å². The largest absolute Gasteiger partial charge is 0.379 e. The Hall–Kier alpha value is -1.96. The lowest BCUT2D eigenvalue weighted by atomic mass is 10.3. The molecule has 2 aromatic carbocycles. The van der Waals surface area contributed by atoms with Gasteiger partial charge < -0.3 is 9.08 Å². The lowest BCUT2D eigenvalue weighted by molar-refractivity contribution is 0.220. The third-order valence-electron chi connectivity index (χ3n) is 4.36. The van der Waals surface area contributed by atoms with Crippen molar-refractivity contribution in [3.8, 4) is 5.75 Å². The van der Waals surface area contributed by atoms with Crippen LogP contribution in [0.2, 0.25) is 10.0 Å². The first kappa shape index (κ1) is 20.8. The number of nitrogens with zero attached hydrogens (tertiary/aromatic N) is 2. The second kappa shape index (κ2) is 8.59. The number of carbonyl (C=O) groups is 1. The Morgan fingerprint density at radius 1 is 1.04 bits per heavy atom. The SMILES string of the molecule is CCCCN1CCN(c2ccc(S(=O)(=O)Oc3cc(Cl)cc(Cl)c3)cc2)C1=O. The first-order valence-electron chi connectivity index (χ1n) is 8.87. The summed E-state index contributed by atoms with van der Waals surface area (Å²) in [5, 5.41) is 0.543. The second-order valence-electron chi connectivity index (χ2n) is 6.41. The highest BCUT2D eigenvalue weighted by Crippen LogP contribution is 2.28. The second-order valence-corrected chi connectivity index (χ2v) is 8.83. The third-order valence-corrected chi connectivity index (χ3v) is 6.05. The van der Waals surface area contributed by atoms with Gasteiger partial charge in [-0.05, 0) is 36.8 Å². The number of amides is 2. The number of urea groups is 1. The molecule has 1 fully saturated rings. The van der Waals surface area contributed by atoms with E-state index in [1.54, 1.807) is 21.9 Å². The van der Waals surface area contributed by atoms with Crippen molar-refractivity contribution >= 4 is 45.0 Å². The summed E-state index contributed by atoms with van der Waals surface area (Å²) < 4.78 is 30.1. The molecule has 0 atom stereocenters. The molecule has 2 aromatic rings. The van der Waals surface area contributed by atoms with E-state index in [4.69, 9.17) is 27.4 Å². The monoisotopic (exact) mass is 442 g/mol. The van der Waals surface area contributed by atoms with Crippen molar-refractivity contribution in [2.75, 3.05) is 24.5 Å². The van der Waals surface area contributed by atoms with Crippen LogP contribution >= 0.6 is 23.2 Å². The normalized spacial score (nSPS) is 14.6. The molecule has 0 aliphatic carbocycles. The lowest BCUT2D eigenvalue weighted by Crippen LogP contribution is -2.32. The van der Waals surface area contributed by atoms with E-state index < -0.39 is 10.1 Å². The highest BCUT2D eigenvalue weighted by molar-refractivity contribution is 7.87. The number of unbranched alkanes of at least 4 members (excludes halogenated alkanes) is 1. The maximum absolute atomic E-state index is 12.5. The summed E-state index contributed by atoms with van der Waals surface area (Å²) >= 11 is 11.7. The number of halogens is 2. The van der Waals surface area contributed by atoms with E-state index >= 15 is 0 Å². The minimum atomic E-state index is -4.05. The molecule has 0 bridgehead atoms. The Balaban J connectivity index is 1.74. The van der Waals surface area contributed by atoms with Gasteiger partial charge in [0.05, 0.1) is 0 Å². The molecule has 1 aliphatic rings. The Bertz CT molecular complexity index is 944. The molecule has 3 rings (SSSR count). The molecule has 2 amide bonds. The van der Waals surface area contributed by atoms with Gasteiger partial charge in [-0.15, -0.1) is 0 Å². The molecule has 0 aromatic heterocycles. The molecule has 0 saturated carbocycles. The molecule has 9 heteroatoms. The molecule has 1 aliphatic heterocycles. The van der Waals surface area contributed by atoms with E-state index in [1.807, 2.05) is 0 Å². The van der Waals surface area contributed by atoms with Crippen LogP contribution in [0.4, 0.5) is 10.5 Å². The van der Waals surface area contributed by atoms with Gasteiger partial charge in [0, 0.05) is 47.5 Å². The average molecular weight is 443 g/mol. The first-order chi connectivity index (χ1) is 13.3. The van der Waals surface area contributed by atoms with Crippen LogP contribution in [-0.4, -0.2) is 39.0 Å². The maximum Gasteiger partial charge on any atom is 0.339 e. The molecule has 1 heterocycles. The molecule has 1 saturated heterocycles. The zero-order valence-electron chi connectivity index (χ0n) is 15.3. The highest BCUT2D eigenvalue weighted by atomic mass is 35.5. The molecule has 0 spiro atoms. The molecule has 150 valence electrons. The molecule has 0 unspecified atom stereocenters. The standard InChI is InChI=1S/C19H20Cl2N2O4S/c1-2-3-8-22-9-10-23(19(22)24)16-4-6-18(7-5-16)28(25,26)27-17-12-14(20)11-15(21)13-17/h4-7,11-13H,2-3,8-10H2,1H3. The number of rotatable bonds is 7. The smallest absolute Gasteiger partial charge is 0.339 e. The third kappa shape index (κ3) is 4.71. The fourth-order valence-corrected chi connectivity index (χ4v) is 4.34. The number of hydrogen-bond acceptors (Lipinski definition) is 4. The molecule has 28 heavy (non-hydrogen) atoms. The van der Waals surface area contributed by atoms with Crippen LogP contribution in [0.25, 0.3) is 0 Å². The van der Waals surface area contributed by atoms with Gasteiger partial charge in [-0.1, -0.05) is 36.5 Å². The van der Waals surface area contributed by atoms with Crippen LogP contribution in [-0.2, 0) is 10.1 Å². The van der Waals surface area contributed by atoms with Crippen LogP contribution in [0.5, 0.6) is 5.75 Å². The van der Waals surface area contributed by atoms with E-state index in [9.17, 15) is 13.2 Å². The van der Waals surface area contributed by atoms with Crippen LogP contribution in [0.1, 0.15) is 19.8 Å². The van der Waals surface area contributed by atoms with Gasteiger partial charge in [0.1, 0.15) is 10.6 Å². The fourth-order valence-electron chi connectivity index (χ4n) is 2.92. The molecular weight excluding hydrogens is 423 g/mol. The number of anilines is 1. The van der Waals surface area contributed by atoms with Crippen LogP contribution in [0.3, 0.4) is 0 Å². The van der Waals surface area contributed by atoms with Gasteiger partial charge in [-0.3, -0.25) is 4.90 Å². The minimum Gasteiger partial charge on any atom is -0.379 e. The van der Waals surface area contributed by atoms with E-state index in [0.29, 0.717) is 18.8 Å². The van der Waals surface area contributed by atoms with E-state index in [-0.39, 0.29) is 26.7 Å². The van der Waals surface area contributed by atoms with E-state index in [1.165, 1.54) is 30.3 Å². The van der Waals surface area contributed by atoms with Crippen molar-refractivity contribution in [2.24, 2.45) is 0 Å². The van der Waals surface area contributed by atoms with Gasteiger partial charge in [0.15, 0.2) is 0 Å². The zero-order chi connectivity index (χ0) is 20.3. The Kier molecular flexibility index (Phi) is 6.37. The van der Waals surface area contributed by atoms with Gasteiger partial charge in [0.2, 0.25) is 0 Å². The topological polar surface area (TPSA) is 66.9 Å². The van der Waals surface area contributed by atoms with Crippen molar-refractivity contribution < 1.29 is 17.4 Å². The van der Waals surface area contributed by atoms with Crippen molar-refractivity contribution in [3.05, 3.63) is 52.5 Å². The van der Waals surface area contributed by atoms with Crippen LogP contribution < -0.4 is 9.08 Å². The van der Waals surface area contributed by atoms with E-state index in [2.05, 4.69) is 6.92 Å². The maximum atomic E-state index is 12.5. The van der Waals surface area contributed by atoms with Crippen molar-refractivity contribution in [1.29, 1.82) is 0 Å². The molecule has 6 nitrogen and oxygen atoms in total. The van der Waals surface area contributed by atoms with Crippen LogP contribution in [0, 0.1) is 0 Å². The van der Waals surface area contributed by atoms with Crippen molar-refractivity contribution in [2.45, 2.75) is 24.7 Å². The summed E-state index contributed by atoms with van der Waals surface area (Å²) in [6.45, 7) is 4.05. The van der Waals surface area contributed by atoms with Crippen molar-refractivity contribution in [1.82, 2.24) is 4.90 Å². The Labute approximate surface area is 174 Å². The summed E-state index contributed by atoms with van der Waals surface area (Å²) in [5.74, 6) is 0.0304. The quantitative estimate of drug-likeness (QED) is 0.577. The Morgan fingerprint density at radius 3 is 2.29 bits per heavy atom. The average Bonchev–Trinajstić information content (AvgIpc) is 2.99. The minimum absolute atomic E-state index is 0.0261. The Morgan fingerprint density at radius 2 is 1.68 bits per heavy atom. The predicted molar refractivity (Wildman–Crippen MR) is 110 cm³/mol. The van der Waals surface area contributed by atoms with E-state index in [0.717, 1.165) is 19.4 Å². The summed E-state index contributed by atoms with van der Waals surface area (Å²) in [6.07, 6.45) is 1.98. The molecule has 0 N–H and O–H groups in total. The van der Waals surface area contributed by atoms with Gasteiger partial charge in [-0.2, -0.15) is 8.42 Å². The van der Waals surface area contributed by atoms with Crippen molar-refractivity contribution in [3.63, 3.8) is 0 Å². The predicted octanol–water partition coefficient (Wildman–Crippen LogP) is 4.80. The summed E-state index contributed by atoms with van der Waals surface area (Å²) in [7, 11) is -4.05. The molecular formula is C19H20Cl2N2O4S. The van der Waals surface area contributed by atoms with Gasteiger partial charge >= 0.3 is 16.1 Å². The first-order valence-corrected chi connectivity index (χ1v) is 11.0. The summed E-state index contributed by atoms with van der Waals surface area (Å²) in [6, 6.07) is 10.2. The number of benzene rings is 2. The van der Waals surface area contributed by atoms with Crippen LogP contribution in [0.15, 0.2) is 47.4 Å². The highest BCUT2D eigenvalue weighted by Gasteiger charge is 2.29. The number of hydrogen-bond donors (Lipinski definition) is 0. The summed E-state index contributed by atoms with van der Waals surface area (Å²) in [4.78, 5) is 15.9. The summed E-state index contributed by atoms with van der Waals surface area (Å²) in [5.41, 5.74) is 0.647. The fraction of sp³-hybridized carbons (Fsp3) is 0.316. The zero-order valence-corrected chi connectivity index (χ0v) is 17.6. The lowest BCUT2D eigenvalue weighted by Gasteiger charge is -2.18. The number of carbonyl (C=O) groups excluding carboxylic acids is 1.